The Morgan fingerprint density at radius 1 is 1.36 bits per heavy atom. The van der Waals surface area contributed by atoms with E-state index < -0.39 is 12.0 Å². The van der Waals surface area contributed by atoms with Crippen LogP contribution >= 0.6 is 0 Å². The van der Waals surface area contributed by atoms with Gasteiger partial charge < -0.3 is 10.2 Å². The second-order valence-electron chi connectivity index (χ2n) is 3.99. The van der Waals surface area contributed by atoms with Gasteiger partial charge in [-0.3, -0.25) is 0 Å². The van der Waals surface area contributed by atoms with Gasteiger partial charge in [-0.05, 0) is 39.4 Å². The highest BCUT2D eigenvalue weighted by Gasteiger charge is 2.39. The van der Waals surface area contributed by atoms with Gasteiger partial charge in [-0.1, -0.05) is 6.92 Å². The first-order chi connectivity index (χ1) is 6.64. The normalized spacial score (nSPS) is 30.6. The molecule has 0 aliphatic carbocycles. The molecule has 0 amide bonds. The largest absolute Gasteiger partial charge is 0.309 e. The monoisotopic (exact) mass is 206 g/mol. The number of nitrogens with one attached hydrogen (secondary N) is 1. The molecule has 0 bridgehead atoms. The van der Waals surface area contributed by atoms with Crippen LogP contribution < -0.4 is 5.32 Å². The molecule has 84 valence electrons. The van der Waals surface area contributed by atoms with Crippen molar-refractivity contribution in [1.29, 1.82) is 0 Å². The van der Waals surface area contributed by atoms with Crippen LogP contribution in [0.15, 0.2) is 0 Å². The van der Waals surface area contributed by atoms with Gasteiger partial charge in [-0.2, -0.15) is 0 Å². The maximum Gasteiger partial charge on any atom is 0.256 e. The molecule has 1 rings (SSSR count). The third-order valence-electron chi connectivity index (χ3n) is 3.33. The zero-order valence-corrected chi connectivity index (χ0v) is 9.02. The van der Waals surface area contributed by atoms with Crippen molar-refractivity contribution in [1.82, 2.24) is 10.2 Å². The van der Waals surface area contributed by atoms with Crippen molar-refractivity contribution >= 4 is 0 Å². The summed E-state index contributed by atoms with van der Waals surface area (Å²) < 4.78 is 25.8. The number of rotatable bonds is 3. The number of likely N-dealkylation sites (tertiary alicyclic amines) is 1. The Labute approximate surface area is 84.7 Å². The van der Waals surface area contributed by atoms with E-state index in [2.05, 4.69) is 17.1 Å². The summed E-state index contributed by atoms with van der Waals surface area (Å²) in [6.07, 6.45) is -0.268. The lowest BCUT2D eigenvalue weighted by molar-refractivity contribution is 0.0250. The van der Waals surface area contributed by atoms with Gasteiger partial charge in [-0.25, -0.2) is 8.78 Å². The molecule has 4 heteroatoms. The van der Waals surface area contributed by atoms with Gasteiger partial charge in [0.2, 0.25) is 0 Å². The molecular formula is C10H20F2N2. The summed E-state index contributed by atoms with van der Waals surface area (Å²) in [4.78, 5) is 2.24. The first-order valence-electron chi connectivity index (χ1n) is 5.34. The van der Waals surface area contributed by atoms with Gasteiger partial charge in [0, 0.05) is 6.54 Å². The molecule has 1 aliphatic heterocycles. The summed E-state index contributed by atoms with van der Waals surface area (Å²) in [5.74, 6) is 0. The van der Waals surface area contributed by atoms with E-state index in [0.717, 1.165) is 26.1 Å². The Hall–Kier alpha value is -0.220. The molecule has 1 saturated heterocycles. The zero-order chi connectivity index (χ0) is 10.6. The Morgan fingerprint density at radius 2 is 2.07 bits per heavy atom. The van der Waals surface area contributed by atoms with Crippen molar-refractivity contribution in [3.05, 3.63) is 0 Å². The lowest BCUT2D eigenvalue weighted by Gasteiger charge is -2.31. The number of hydrogen-bond donors (Lipinski definition) is 1. The van der Waals surface area contributed by atoms with E-state index in [1.807, 2.05) is 0 Å². The Bertz CT molecular complexity index is 176. The first-order valence-corrected chi connectivity index (χ1v) is 5.34. The van der Waals surface area contributed by atoms with Crippen LogP contribution in [0, 0.1) is 0 Å². The highest BCUT2D eigenvalue weighted by Crippen LogP contribution is 2.28. The molecule has 2 nitrogen and oxygen atoms in total. The molecule has 1 heterocycles. The van der Waals surface area contributed by atoms with Crippen LogP contribution in [0.5, 0.6) is 0 Å². The van der Waals surface area contributed by atoms with E-state index in [9.17, 15) is 8.78 Å². The minimum Gasteiger partial charge on any atom is -0.309 e. The predicted molar refractivity (Wildman–Crippen MR) is 53.8 cm³/mol. The maximum atomic E-state index is 12.9. The highest BCUT2D eigenvalue weighted by atomic mass is 19.3. The first kappa shape index (κ1) is 11.9. The summed E-state index contributed by atoms with van der Waals surface area (Å²) in [7, 11) is 1.65. The Balaban J connectivity index is 2.61. The van der Waals surface area contributed by atoms with Crippen LogP contribution in [0.25, 0.3) is 0 Å². The van der Waals surface area contributed by atoms with Crippen LogP contribution in [0.4, 0.5) is 8.78 Å². The molecule has 0 radical (unpaired) electrons. The SMILES string of the molecule is CCN1CCCC(NC)(C(F)F)CC1. The molecule has 1 aliphatic rings. The van der Waals surface area contributed by atoms with Gasteiger partial charge in [0.05, 0.1) is 5.54 Å². The van der Waals surface area contributed by atoms with Crippen molar-refractivity contribution in [2.75, 3.05) is 26.7 Å². The summed E-state index contributed by atoms with van der Waals surface area (Å²) in [5, 5.41) is 2.82. The fourth-order valence-electron chi connectivity index (χ4n) is 2.11. The van der Waals surface area contributed by atoms with E-state index >= 15 is 0 Å². The molecule has 0 spiro atoms. The Kier molecular flexibility index (Phi) is 4.26. The van der Waals surface area contributed by atoms with E-state index in [1.165, 1.54) is 0 Å². The van der Waals surface area contributed by atoms with Crippen LogP contribution in [0.1, 0.15) is 26.2 Å². The molecule has 0 saturated carbocycles. The molecule has 1 fully saturated rings. The summed E-state index contributed by atoms with van der Waals surface area (Å²) >= 11 is 0. The summed E-state index contributed by atoms with van der Waals surface area (Å²) in [6, 6.07) is 0. The van der Waals surface area contributed by atoms with Gasteiger partial charge in [0.15, 0.2) is 0 Å². The molecule has 1 unspecified atom stereocenters. The van der Waals surface area contributed by atoms with Crippen molar-refractivity contribution in [2.45, 2.75) is 38.2 Å². The fourth-order valence-corrected chi connectivity index (χ4v) is 2.11. The lowest BCUT2D eigenvalue weighted by Crippen LogP contribution is -2.50. The third-order valence-corrected chi connectivity index (χ3v) is 3.33. The molecule has 14 heavy (non-hydrogen) atoms. The van der Waals surface area contributed by atoms with Gasteiger partial charge in [0.25, 0.3) is 6.43 Å². The summed E-state index contributed by atoms with van der Waals surface area (Å²) in [5.41, 5.74) is -0.941. The number of halogens is 2. The highest BCUT2D eigenvalue weighted by molar-refractivity contribution is 4.92. The minimum atomic E-state index is -2.26. The standard InChI is InChI=1S/C10H20F2N2/c1-3-14-7-4-5-10(13-2,6-8-14)9(11)12/h9,13H,3-8H2,1-2H3. The van der Waals surface area contributed by atoms with Crippen LogP contribution in [0.3, 0.4) is 0 Å². The summed E-state index contributed by atoms with van der Waals surface area (Å²) in [6.45, 7) is 4.77. The van der Waals surface area contributed by atoms with Crippen LogP contribution in [0.2, 0.25) is 0 Å². The molecule has 1 N–H and O–H groups in total. The van der Waals surface area contributed by atoms with E-state index in [0.29, 0.717) is 12.8 Å². The second-order valence-corrected chi connectivity index (χ2v) is 3.99. The molecule has 0 aromatic carbocycles. The van der Waals surface area contributed by atoms with E-state index in [-0.39, 0.29) is 0 Å². The Morgan fingerprint density at radius 3 is 2.57 bits per heavy atom. The predicted octanol–water partition coefficient (Wildman–Crippen LogP) is 1.72. The van der Waals surface area contributed by atoms with Crippen molar-refractivity contribution in [3.63, 3.8) is 0 Å². The number of alkyl halides is 2. The quantitative estimate of drug-likeness (QED) is 0.756. The topological polar surface area (TPSA) is 15.3 Å². The van der Waals surface area contributed by atoms with E-state index in [1.54, 1.807) is 7.05 Å². The molecule has 0 aromatic heterocycles. The second kappa shape index (κ2) is 5.03. The van der Waals surface area contributed by atoms with Gasteiger partial charge in [0.1, 0.15) is 0 Å². The fraction of sp³-hybridized carbons (Fsp3) is 1.00. The number of nitrogens with zero attached hydrogens (tertiary/aromatic N) is 1. The smallest absolute Gasteiger partial charge is 0.256 e. The van der Waals surface area contributed by atoms with E-state index in [4.69, 9.17) is 0 Å². The lowest BCUT2D eigenvalue weighted by atomic mass is 9.91. The third kappa shape index (κ3) is 2.42. The molecule has 0 aromatic rings. The van der Waals surface area contributed by atoms with Gasteiger partial charge >= 0.3 is 0 Å². The van der Waals surface area contributed by atoms with Gasteiger partial charge in [-0.15, -0.1) is 0 Å². The van der Waals surface area contributed by atoms with Crippen molar-refractivity contribution < 1.29 is 8.78 Å². The average Bonchev–Trinajstić information content (AvgIpc) is 2.40. The average molecular weight is 206 g/mol. The number of hydrogen-bond acceptors (Lipinski definition) is 2. The zero-order valence-electron chi connectivity index (χ0n) is 9.02. The van der Waals surface area contributed by atoms with Crippen molar-refractivity contribution in [2.24, 2.45) is 0 Å². The van der Waals surface area contributed by atoms with Crippen molar-refractivity contribution in [3.8, 4) is 0 Å². The minimum absolute atomic E-state index is 0.551. The molecular weight excluding hydrogens is 186 g/mol. The van der Waals surface area contributed by atoms with Crippen LogP contribution in [-0.4, -0.2) is 43.5 Å². The molecule has 1 atom stereocenters. The maximum absolute atomic E-state index is 12.9. The van der Waals surface area contributed by atoms with Crippen LogP contribution in [-0.2, 0) is 0 Å².